The van der Waals surface area contributed by atoms with Gasteiger partial charge in [0.2, 0.25) is 13.6 Å². The second kappa shape index (κ2) is 13.8. The summed E-state index contributed by atoms with van der Waals surface area (Å²) in [7, 11) is -0.313. The number of rotatable bonds is 11. The minimum atomic E-state index is -3.57. The van der Waals surface area contributed by atoms with Crippen molar-refractivity contribution in [1.82, 2.24) is 4.72 Å². The highest BCUT2D eigenvalue weighted by Crippen LogP contribution is 2.26. The maximum atomic E-state index is 12.7. The van der Waals surface area contributed by atoms with Crippen molar-refractivity contribution >= 4 is 10.0 Å². The van der Waals surface area contributed by atoms with Gasteiger partial charge >= 0.3 is 21.2 Å². The van der Waals surface area contributed by atoms with E-state index >= 15 is 0 Å². The van der Waals surface area contributed by atoms with Crippen molar-refractivity contribution < 1.29 is 39.1 Å². The summed E-state index contributed by atoms with van der Waals surface area (Å²) in [5, 5.41) is 0. The summed E-state index contributed by atoms with van der Waals surface area (Å²) in [4.78, 5) is 0.271. The topological polar surface area (TPSA) is 64.6 Å². The lowest BCUT2D eigenvalue weighted by Crippen LogP contribution is -3.59. The molecule has 0 aliphatic rings. The number of hydrogen-bond acceptors (Lipinski definition) is 4. The fourth-order valence-electron chi connectivity index (χ4n) is 3.59. The molecule has 0 saturated heterocycles. The van der Waals surface area contributed by atoms with E-state index in [9.17, 15) is 8.42 Å². The van der Waals surface area contributed by atoms with Crippen molar-refractivity contribution in [3.63, 3.8) is 0 Å². The molecule has 184 valence electrons. The van der Waals surface area contributed by atoms with Crippen molar-refractivity contribution in [3.8, 4) is 9.85 Å². The summed E-state index contributed by atoms with van der Waals surface area (Å²) < 4.78 is 43.7. The van der Waals surface area contributed by atoms with E-state index in [1.54, 1.807) is 38.5 Å². The van der Waals surface area contributed by atoms with Crippen LogP contribution in [-0.4, -0.2) is 35.5 Å². The summed E-state index contributed by atoms with van der Waals surface area (Å²) in [6, 6.07) is 25.2. The van der Waals surface area contributed by atoms with E-state index in [2.05, 4.69) is 32.8 Å². The van der Waals surface area contributed by atoms with Crippen molar-refractivity contribution in [1.29, 1.82) is 0 Å². The van der Waals surface area contributed by atoms with Gasteiger partial charge in [-0.1, -0.05) is 60.2 Å². The first kappa shape index (κ1) is 27.4. The molecule has 1 unspecified atom stereocenters. The smallest absolute Gasteiger partial charge is 0.356 e. The van der Waals surface area contributed by atoms with E-state index in [1.807, 2.05) is 43.3 Å². The molecule has 0 radical (unpaired) electrons. The summed E-state index contributed by atoms with van der Waals surface area (Å²) in [5.41, 5.74) is 3.15. The highest BCUT2D eigenvalue weighted by Gasteiger charge is 2.21. The Morgan fingerprint density at radius 1 is 0.914 bits per heavy atom. The number of hydrogen-bond donors (Lipinski definition) is 1. The third-order valence-corrected chi connectivity index (χ3v) is 8.92. The Morgan fingerprint density at radius 3 is 2.26 bits per heavy atom. The monoisotopic (exact) mass is 604 g/mol. The highest BCUT2D eigenvalue weighted by atomic mass is 127. The number of aryl methyl sites for hydroxylation is 1. The standard InChI is InChI=1S/C28H31INO4S/c1-22-13-15-26(16-14-22)35(31,32)30-20-18-23-9-7-8-12-27(23)24(21-28(33-2)34-3)17-19-29-25-10-5-4-6-11-25/h4-16,24,28,30H,18,20-21H2,1-3H3/q+1. The van der Waals surface area contributed by atoms with Crippen molar-refractivity contribution in [2.24, 2.45) is 0 Å². The third-order valence-electron chi connectivity index (χ3n) is 5.52. The van der Waals surface area contributed by atoms with Gasteiger partial charge in [0.05, 0.1) is 10.8 Å². The highest BCUT2D eigenvalue weighted by molar-refractivity contribution is 7.89. The SMILES string of the molecule is COC(CC(C#C[I+]c1ccccc1)c1ccccc1CCNS(=O)(=O)c1ccc(C)cc1)OC. The molecule has 1 N–H and O–H groups in total. The molecule has 0 aromatic heterocycles. The van der Waals surface area contributed by atoms with E-state index in [4.69, 9.17) is 9.47 Å². The lowest BCUT2D eigenvalue weighted by molar-refractivity contribution is -0.535. The zero-order valence-electron chi connectivity index (χ0n) is 20.2. The molecule has 0 aliphatic carbocycles. The molecule has 1 atom stereocenters. The second-order valence-electron chi connectivity index (χ2n) is 7.98. The van der Waals surface area contributed by atoms with Crippen LogP contribution in [0.2, 0.25) is 0 Å². The largest absolute Gasteiger partial charge is 0.419 e. The lowest BCUT2D eigenvalue weighted by Gasteiger charge is -2.20. The molecule has 3 aromatic rings. The molecule has 0 saturated carbocycles. The first-order valence-corrected chi connectivity index (χ1v) is 15.0. The molecular weight excluding hydrogens is 573 g/mol. The van der Waals surface area contributed by atoms with Gasteiger partial charge in [0.15, 0.2) is 10.2 Å². The van der Waals surface area contributed by atoms with Gasteiger partial charge in [0.25, 0.3) is 0 Å². The Hall–Kier alpha value is -2.22. The second-order valence-corrected chi connectivity index (χ2v) is 12.1. The predicted molar refractivity (Wildman–Crippen MR) is 135 cm³/mol. The number of benzene rings is 3. The van der Waals surface area contributed by atoms with E-state index in [-0.39, 0.29) is 17.1 Å². The van der Waals surface area contributed by atoms with E-state index in [0.29, 0.717) is 19.4 Å². The van der Waals surface area contributed by atoms with Crippen LogP contribution in [0.5, 0.6) is 0 Å². The van der Waals surface area contributed by atoms with Gasteiger partial charge in [0.1, 0.15) is 0 Å². The van der Waals surface area contributed by atoms with Crippen LogP contribution in [0.4, 0.5) is 0 Å². The number of sulfonamides is 1. The number of ether oxygens (including phenoxy) is 2. The molecule has 0 bridgehead atoms. The summed E-state index contributed by atoms with van der Waals surface area (Å²) in [6.45, 7) is 2.22. The average molecular weight is 605 g/mol. The quantitative estimate of drug-likeness (QED) is 0.205. The van der Waals surface area contributed by atoms with Crippen LogP contribution in [0.3, 0.4) is 0 Å². The van der Waals surface area contributed by atoms with Gasteiger partial charge < -0.3 is 9.47 Å². The molecule has 0 amide bonds. The molecule has 35 heavy (non-hydrogen) atoms. The molecule has 0 heterocycles. The zero-order chi connectivity index (χ0) is 25.1. The van der Waals surface area contributed by atoms with Crippen LogP contribution in [0, 0.1) is 20.3 Å². The number of nitrogens with one attached hydrogen (secondary N) is 1. The maximum Gasteiger partial charge on any atom is 0.419 e. The van der Waals surface area contributed by atoms with Crippen LogP contribution in [0.15, 0.2) is 83.8 Å². The lowest BCUT2D eigenvalue weighted by atomic mass is 9.90. The minimum absolute atomic E-state index is 0.0896. The molecule has 7 heteroatoms. The molecular formula is C28H31INO4S+. The van der Waals surface area contributed by atoms with E-state index in [1.165, 1.54) is 3.57 Å². The fourth-order valence-corrected chi connectivity index (χ4v) is 6.24. The van der Waals surface area contributed by atoms with Crippen LogP contribution in [-0.2, 0) is 25.9 Å². The first-order valence-electron chi connectivity index (χ1n) is 11.3. The van der Waals surface area contributed by atoms with Crippen molar-refractivity contribution in [3.05, 3.63) is 99.1 Å². The number of methoxy groups -OCH3 is 2. The van der Waals surface area contributed by atoms with Gasteiger partial charge in [-0.05, 0) is 54.7 Å². The van der Waals surface area contributed by atoms with Gasteiger partial charge in [-0.25, -0.2) is 13.1 Å². The molecule has 3 aromatic carbocycles. The number of halogens is 1. The molecule has 3 rings (SSSR count). The van der Waals surface area contributed by atoms with Crippen LogP contribution >= 0.6 is 0 Å². The Labute approximate surface area is 219 Å². The Kier molecular flexibility index (Phi) is 10.8. The summed E-state index contributed by atoms with van der Waals surface area (Å²) >= 11 is -0.434. The van der Waals surface area contributed by atoms with Crippen LogP contribution in [0.25, 0.3) is 0 Å². The Balaban J connectivity index is 1.77. The minimum Gasteiger partial charge on any atom is -0.356 e. The molecule has 0 fully saturated rings. The Morgan fingerprint density at radius 2 is 1.57 bits per heavy atom. The van der Waals surface area contributed by atoms with E-state index < -0.39 is 31.2 Å². The van der Waals surface area contributed by atoms with Gasteiger partial charge in [-0.15, -0.1) is 0 Å². The third kappa shape index (κ3) is 8.44. The molecule has 0 aliphatic heterocycles. The van der Waals surface area contributed by atoms with Crippen molar-refractivity contribution in [2.45, 2.75) is 36.9 Å². The van der Waals surface area contributed by atoms with E-state index in [0.717, 1.165) is 16.7 Å². The molecule has 0 spiro atoms. The normalized spacial score (nSPS) is 12.2. The van der Waals surface area contributed by atoms with Crippen LogP contribution in [0.1, 0.15) is 29.0 Å². The first-order chi connectivity index (χ1) is 16.9. The zero-order valence-corrected chi connectivity index (χ0v) is 23.2. The molecule has 5 nitrogen and oxygen atoms in total. The van der Waals surface area contributed by atoms with Gasteiger partial charge in [-0.2, -0.15) is 0 Å². The van der Waals surface area contributed by atoms with Gasteiger partial charge in [-0.3, -0.25) is 0 Å². The summed E-state index contributed by atoms with van der Waals surface area (Å²) in [5.74, 6) is 3.37. The fraction of sp³-hybridized carbons (Fsp3) is 0.286. The average Bonchev–Trinajstić information content (AvgIpc) is 2.87. The van der Waals surface area contributed by atoms with Crippen molar-refractivity contribution in [2.75, 3.05) is 20.8 Å². The maximum absolute atomic E-state index is 12.7. The van der Waals surface area contributed by atoms with Gasteiger partial charge in [0, 0.05) is 27.2 Å². The predicted octanol–water partition coefficient (Wildman–Crippen LogP) is 1.53. The van der Waals surface area contributed by atoms with Crippen LogP contribution < -0.4 is 25.9 Å². The summed E-state index contributed by atoms with van der Waals surface area (Å²) in [6.07, 6.45) is 0.764. The Bertz CT molecular complexity index is 1230.